The number of hydrogen-bond acceptors (Lipinski definition) is 3. The molecule has 3 nitrogen and oxygen atoms in total. The first-order valence-electron chi connectivity index (χ1n) is 6.36. The summed E-state index contributed by atoms with van der Waals surface area (Å²) in [5.41, 5.74) is 0.592. The first-order chi connectivity index (χ1) is 9.15. The summed E-state index contributed by atoms with van der Waals surface area (Å²) >= 11 is 3.29. The van der Waals surface area contributed by atoms with E-state index in [0.29, 0.717) is 10.0 Å². The maximum atomic E-state index is 13.1. The average Bonchev–Trinajstić information content (AvgIpc) is 2.42. The smallest absolute Gasteiger partial charge is 0.310 e. The van der Waals surface area contributed by atoms with Crippen LogP contribution in [0, 0.1) is 5.82 Å². The van der Waals surface area contributed by atoms with E-state index in [4.69, 9.17) is 9.47 Å². The van der Waals surface area contributed by atoms with Crippen molar-refractivity contribution < 1.29 is 18.7 Å². The third kappa shape index (κ3) is 4.58. The summed E-state index contributed by atoms with van der Waals surface area (Å²) in [6.07, 6.45) is 3.18. The molecule has 0 aliphatic carbocycles. The maximum absolute atomic E-state index is 13.1. The van der Waals surface area contributed by atoms with Gasteiger partial charge in [-0.25, -0.2) is 4.39 Å². The van der Waals surface area contributed by atoms with Crippen LogP contribution in [0.2, 0.25) is 0 Å². The molecule has 1 aliphatic heterocycles. The molecule has 1 saturated heterocycles. The fraction of sp³-hybridized carbons (Fsp3) is 0.500. The summed E-state index contributed by atoms with van der Waals surface area (Å²) in [6, 6.07) is 4.26. The van der Waals surface area contributed by atoms with Gasteiger partial charge in [-0.15, -0.1) is 0 Å². The lowest BCUT2D eigenvalue weighted by molar-refractivity contribution is -0.148. The van der Waals surface area contributed by atoms with E-state index in [1.807, 2.05) is 0 Å². The Morgan fingerprint density at radius 2 is 2.32 bits per heavy atom. The molecule has 0 radical (unpaired) electrons. The normalized spacial score (nSPS) is 19.2. The van der Waals surface area contributed by atoms with Gasteiger partial charge >= 0.3 is 5.97 Å². The molecule has 0 spiro atoms. The molecular formula is C14H16BrFO3. The van der Waals surface area contributed by atoms with Crippen LogP contribution < -0.4 is 0 Å². The fourth-order valence-corrected chi connectivity index (χ4v) is 2.40. The van der Waals surface area contributed by atoms with Crippen LogP contribution >= 0.6 is 15.9 Å². The molecule has 5 heteroatoms. The van der Waals surface area contributed by atoms with E-state index < -0.39 is 0 Å². The number of hydrogen-bond donors (Lipinski definition) is 0. The third-order valence-corrected chi connectivity index (χ3v) is 3.82. The lowest BCUT2D eigenvalue weighted by Crippen LogP contribution is -2.26. The van der Waals surface area contributed by atoms with Crippen LogP contribution in [-0.4, -0.2) is 25.3 Å². The van der Waals surface area contributed by atoms with Gasteiger partial charge in [0.2, 0.25) is 0 Å². The topological polar surface area (TPSA) is 35.5 Å². The van der Waals surface area contributed by atoms with Crippen molar-refractivity contribution in [1.29, 1.82) is 0 Å². The van der Waals surface area contributed by atoms with E-state index in [9.17, 15) is 9.18 Å². The molecule has 1 atom stereocenters. The van der Waals surface area contributed by atoms with Gasteiger partial charge in [0.25, 0.3) is 0 Å². The Morgan fingerprint density at radius 3 is 3.05 bits per heavy atom. The molecule has 104 valence electrons. The first kappa shape index (κ1) is 14.5. The molecule has 1 aromatic carbocycles. The van der Waals surface area contributed by atoms with Gasteiger partial charge in [0.15, 0.2) is 0 Å². The van der Waals surface area contributed by atoms with Gasteiger partial charge in [0.05, 0.1) is 12.5 Å². The Labute approximate surface area is 120 Å². The van der Waals surface area contributed by atoms with E-state index in [1.165, 1.54) is 12.1 Å². The summed E-state index contributed by atoms with van der Waals surface area (Å²) in [4.78, 5) is 11.7. The van der Waals surface area contributed by atoms with Gasteiger partial charge in [-0.3, -0.25) is 4.79 Å². The summed E-state index contributed by atoms with van der Waals surface area (Å²) in [5, 5.41) is 0. The van der Waals surface area contributed by atoms with E-state index >= 15 is 0 Å². The standard InChI is InChI=1S/C14H16BrFO3/c15-13-5-4-11(16)7-10(13)8-14(17)19-9-12-3-1-2-6-18-12/h4-5,7,12H,1-3,6,8-9H2/t12-/m1/s1. The second-order valence-corrected chi connectivity index (χ2v) is 5.44. The monoisotopic (exact) mass is 330 g/mol. The minimum Gasteiger partial charge on any atom is -0.463 e. The van der Waals surface area contributed by atoms with Crippen LogP contribution in [-0.2, 0) is 20.7 Å². The zero-order valence-electron chi connectivity index (χ0n) is 10.5. The van der Waals surface area contributed by atoms with Crippen molar-refractivity contribution in [3.8, 4) is 0 Å². The van der Waals surface area contributed by atoms with Crippen LogP contribution in [0.3, 0.4) is 0 Å². The summed E-state index contributed by atoms with van der Waals surface area (Å²) in [6.45, 7) is 1.02. The third-order valence-electron chi connectivity index (χ3n) is 3.05. The Kier molecular flexibility index (Phi) is 5.34. The van der Waals surface area contributed by atoms with Gasteiger partial charge in [0.1, 0.15) is 12.4 Å². The van der Waals surface area contributed by atoms with Crippen molar-refractivity contribution in [1.82, 2.24) is 0 Å². The first-order valence-corrected chi connectivity index (χ1v) is 7.15. The van der Waals surface area contributed by atoms with Crippen LogP contribution in [0.25, 0.3) is 0 Å². The lowest BCUT2D eigenvalue weighted by atomic mass is 10.1. The number of benzene rings is 1. The molecule has 1 heterocycles. The van der Waals surface area contributed by atoms with Gasteiger partial charge in [0, 0.05) is 11.1 Å². The predicted octanol–water partition coefficient (Wildman–Crippen LogP) is 3.24. The molecule has 0 bridgehead atoms. The number of esters is 1. The number of carbonyl (C=O) groups is 1. The lowest BCUT2D eigenvalue weighted by Gasteiger charge is -2.22. The Hall–Kier alpha value is -0.940. The predicted molar refractivity (Wildman–Crippen MR) is 72.4 cm³/mol. The highest BCUT2D eigenvalue weighted by molar-refractivity contribution is 9.10. The second kappa shape index (κ2) is 7.01. The van der Waals surface area contributed by atoms with Gasteiger partial charge < -0.3 is 9.47 Å². The number of halogens is 2. The van der Waals surface area contributed by atoms with Crippen molar-refractivity contribution in [3.63, 3.8) is 0 Å². The zero-order valence-corrected chi connectivity index (χ0v) is 12.1. The van der Waals surface area contributed by atoms with Gasteiger partial charge in [-0.05, 0) is 43.0 Å². The molecule has 1 aromatic rings. The summed E-state index contributed by atoms with van der Waals surface area (Å²) in [5.74, 6) is -0.720. The van der Waals surface area contributed by atoms with Crippen LogP contribution in [0.15, 0.2) is 22.7 Å². The Morgan fingerprint density at radius 1 is 1.47 bits per heavy atom. The van der Waals surface area contributed by atoms with Crippen molar-refractivity contribution in [3.05, 3.63) is 34.1 Å². The minimum atomic E-state index is -0.361. The number of rotatable bonds is 4. The van der Waals surface area contributed by atoms with E-state index in [-0.39, 0.29) is 30.9 Å². The zero-order chi connectivity index (χ0) is 13.7. The minimum absolute atomic E-state index is 0.00801. The molecule has 2 rings (SSSR count). The van der Waals surface area contributed by atoms with Crippen molar-refractivity contribution >= 4 is 21.9 Å². The van der Waals surface area contributed by atoms with Crippen molar-refractivity contribution in [2.75, 3.05) is 13.2 Å². The second-order valence-electron chi connectivity index (χ2n) is 4.58. The maximum Gasteiger partial charge on any atom is 0.310 e. The van der Waals surface area contributed by atoms with Gasteiger partial charge in [-0.2, -0.15) is 0 Å². The highest BCUT2D eigenvalue weighted by Gasteiger charge is 2.16. The van der Waals surface area contributed by atoms with Crippen LogP contribution in [0.5, 0.6) is 0 Å². The SMILES string of the molecule is O=C(Cc1cc(F)ccc1Br)OC[C@H]1CCCCO1. The average molecular weight is 331 g/mol. The van der Waals surface area contributed by atoms with E-state index in [2.05, 4.69) is 15.9 Å². The molecule has 0 N–H and O–H groups in total. The fourth-order valence-electron chi connectivity index (χ4n) is 2.01. The van der Waals surface area contributed by atoms with Crippen LogP contribution in [0.4, 0.5) is 4.39 Å². The van der Waals surface area contributed by atoms with E-state index in [1.54, 1.807) is 6.07 Å². The Balaban J connectivity index is 1.81. The molecule has 0 saturated carbocycles. The largest absolute Gasteiger partial charge is 0.463 e. The summed E-state index contributed by atoms with van der Waals surface area (Å²) in [7, 11) is 0. The van der Waals surface area contributed by atoms with Crippen LogP contribution in [0.1, 0.15) is 24.8 Å². The Bertz CT molecular complexity index is 444. The molecule has 1 aliphatic rings. The molecule has 0 aromatic heterocycles. The molecule has 0 unspecified atom stereocenters. The van der Waals surface area contributed by atoms with Crippen molar-refractivity contribution in [2.24, 2.45) is 0 Å². The molecular weight excluding hydrogens is 315 g/mol. The molecule has 1 fully saturated rings. The van der Waals surface area contributed by atoms with E-state index in [0.717, 1.165) is 25.9 Å². The molecule has 0 amide bonds. The van der Waals surface area contributed by atoms with Crippen molar-refractivity contribution in [2.45, 2.75) is 31.8 Å². The number of carbonyl (C=O) groups excluding carboxylic acids is 1. The quantitative estimate of drug-likeness (QED) is 0.795. The molecule has 19 heavy (non-hydrogen) atoms. The highest BCUT2D eigenvalue weighted by atomic mass is 79.9. The number of ether oxygens (including phenoxy) is 2. The summed E-state index contributed by atoms with van der Waals surface area (Å²) < 4.78 is 24.4. The highest BCUT2D eigenvalue weighted by Crippen LogP contribution is 2.19. The van der Waals surface area contributed by atoms with Gasteiger partial charge in [-0.1, -0.05) is 15.9 Å².